The molecule has 0 bridgehead atoms. The van der Waals surface area contributed by atoms with Gasteiger partial charge in [-0.2, -0.15) is 0 Å². The van der Waals surface area contributed by atoms with Gasteiger partial charge < -0.3 is 25.2 Å². The summed E-state index contributed by atoms with van der Waals surface area (Å²) in [4.78, 5) is 16.5. The van der Waals surface area contributed by atoms with E-state index in [0.717, 1.165) is 19.3 Å². The van der Waals surface area contributed by atoms with E-state index in [9.17, 15) is 9.90 Å². The number of unbranched alkanes of at least 4 members (excludes halogenated alkanes) is 2. The first-order chi connectivity index (χ1) is 10.6. The summed E-state index contributed by atoms with van der Waals surface area (Å²) in [7, 11) is 0. The topological polar surface area (TPSA) is 96.2 Å². The van der Waals surface area contributed by atoms with Crippen LogP contribution >= 0.6 is 0 Å². The Hall–Kier alpha value is 0.236. The van der Waals surface area contributed by atoms with Gasteiger partial charge in [0, 0.05) is 26.2 Å². The molecule has 0 aromatic carbocycles. The molecule has 0 aromatic heterocycles. The molecule has 7 heteroatoms. The zero-order chi connectivity index (χ0) is 16.6. The van der Waals surface area contributed by atoms with Crippen molar-refractivity contribution in [2.45, 2.75) is 45.4 Å². The van der Waals surface area contributed by atoms with Crippen LogP contribution in [0.2, 0.25) is 0 Å². The normalized spacial score (nSPS) is 11.9. The molecule has 0 rings (SSSR count). The number of carboxylic acids is 1. The summed E-state index contributed by atoms with van der Waals surface area (Å²) in [5, 5.41) is 29.1. The first kappa shape index (κ1) is 25.5. The SMILES string of the molecule is C/C=C/CCCCC([O-])=NCCN(CCCO)CCC(=O)O.[K+]. The number of aliphatic hydroxyl groups excluding tert-OH is 1. The van der Waals surface area contributed by atoms with Crippen LogP contribution in [-0.2, 0) is 4.79 Å². The Morgan fingerprint density at radius 2 is 1.91 bits per heavy atom. The maximum absolute atomic E-state index is 11.6. The molecule has 0 unspecified atom stereocenters. The van der Waals surface area contributed by atoms with E-state index in [-0.39, 0.29) is 70.3 Å². The molecule has 128 valence electrons. The van der Waals surface area contributed by atoms with Crippen LogP contribution in [0.3, 0.4) is 0 Å². The first-order valence-corrected chi connectivity index (χ1v) is 7.96. The van der Waals surface area contributed by atoms with Crippen molar-refractivity contribution in [1.82, 2.24) is 4.90 Å². The maximum atomic E-state index is 11.6. The number of aliphatic hydroxyl groups is 1. The summed E-state index contributed by atoms with van der Waals surface area (Å²) >= 11 is 0. The van der Waals surface area contributed by atoms with Gasteiger partial charge in [0.1, 0.15) is 0 Å². The summed E-state index contributed by atoms with van der Waals surface area (Å²) < 4.78 is 0. The molecule has 0 spiro atoms. The molecule has 0 radical (unpaired) electrons. The van der Waals surface area contributed by atoms with Crippen LogP contribution in [0.5, 0.6) is 0 Å². The third-order valence-corrected chi connectivity index (χ3v) is 3.23. The van der Waals surface area contributed by atoms with E-state index in [0.29, 0.717) is 39.0 Å². The van der Waals surface area contributed by atoms with Gasteiger partial charge in [0.05, 0.1) is 13.0 Å². The van der Waals surface area contributed by atoms with Crippen LogP contribution in [0.4, 0.5) is 0 Å². The van der Waals surface area contributed by atoms with E-state index in [4.69, 9.17) is 10.2 Å². The Morgan fingerprint density at radius 1 is 1.17 bits per heavy atom. The number of rotatable bonds is 14. The second-order valence-electron chi connectivity index (χ2n) is 5.15. The van der Waals surface area contributed by atoms with Crippen LogP contribution in [0.1, 0.15) is 45.4 Å². The summed E-state index contributed by atoms with van der Waals surface area (Å²) in [6, 6.07) is 0. The first-order valence-electron chi connectivity index (χ1n) is 7.96. The second-order valence-corrected chi connectivity index (χ2v) is 5.15. The monoisotopic (exact) mass is 352 g/mol. The Balaban J connectivity index is 0. The molecule has 0 fully saturated rings. The fourth-order valence-corrected chi connectivity index (χ4v) is 1.98. The molecule has 6 nitrogen and oxygen atoms in total. The van der Waals surface area contributed by atoms with Gasteiger partial charge in [-0.25, -0.2) is 0 Å². The van der Waals surface area contributed by atoms with Crippen molar-refractivity contribution in [3.63, 3.8) is 0 Å². The van der Waals surface area contributed by atoms with Crippen LogP contribution in [0.15, 0.2) is 17.1 Å². The molecular formula is C16H29KN2O4. The number of aliphatic imine (C=N–C) groups is 1. The standard InChI is InChI=1S/C16H30N2O4.K/c1-2-3-4-5-6-8-15(20)17-10-13-18(11-7-14-19)12-9-16(21)22;/h2-3,19H,4-14H2,1H3,(H,17,20)(H,21,22);/q;+1/p-1/b3-2+;. The molecule has 0 aliphatic carbocycles. The van der Waals surface area contributed by atoms with Gasteiger partial charge in [0.25, 0.3) is 0 Å². The predicted octanol–water partition coefficient (Wildman–Crippen LogP) is -1.96. The van der Waals surface area contributed by atoms with Crippen LogP contribution in [-0.4, -0.2) is 59.8 Å². The third-order valence-electron chi connectivity index (χ3n) is 3.23. The molecule has 23 heavy (non-hydrogen) atoms. The second kappa shape index (κ2) is 18.6. The average molecular weight is 353 g/mol. The minimum atomic E-state index is -0.844. The van der Waals surface area contributed by atoms with Crippen molar-refractivity contribution in [3.05, 3.63) is 12.2 Å². The van der Waals surface area contributed by atoms with Crippen LogP contribution in [0.25, 0.3) is 0 Å². The van der Waals surface area contributed by atoms with Crippen LogP contribution < -0.4 is 56.5 Å². The molecule has 0 saturated carbocycles. The number of allylic oxidation sites excluding steroid dienone is 2. The molecule has 0 saturated heterocycles. The third kappa shape index (κ3) is 18.4. The quantitative estimate of drug-likeness (QED) is 0.124. The minimum Gasteiger partial charge on any atom is -0.862 e. The van der Waals surface area contributed by atoms with Crippen molar-refractivity contribution >= 4 is 11.9 Å². The average Bonchev–Trinajstić information content (AvgIpc) is 2.49. The number of hydrogen-bond donors (Lipinski definition) is 2. The summed E-state index contributed by atoms with van der Waals surface area (Å²) in [6.45, 7) is 4.04. The van der Waals surface area contributed by atoms with Gasteiger partial charge in [0.2, 0.25) is 0 Å². The van der Waals surface area contributed by atoms with Gasteiger partial charge in [-0.15, -0.1) is 0 Å². The van der Waals surface area contributed by atoms with Crippen molar-refractivity contribution in [1.29, 1.82) is 0 Å². The number of carboxylic acid groups (broad SMARTS) is 1. The van der Waals surface area contributed by atoms with Gasteiger partial charge in [-0.05, 0) is 44.9 Å². The van der Waals surface area contributed by atoms with Crippen molar-refractivity contribution in [2.75, 3.05) is 32.8 Å². The Kier molecular flexibility index (Phi) is 20.6. The number of hydrogen-bond acceptors (Lipinski definition) is 5. The van der Waals surface area contributed by atoms with E-state index >= 15 is 0 Å². The summed E-state index contributed by atoms with van der Waals surface area (Å²) in [5.41, 5.74) is 0. The van der Waals surface area contributed by atoms with E-state index in [1.54, 1.807) is 0 Å². The zero-order valence-electron chi connectivity index (χ0n) is 14.5. The summed E-state index contributed by atoms with van der Waals surface area (Å²) in [5.74, 6) is -0.927. The van der Waals surface area contributed by atoms with Gasteiger partial charge >= 0.3 is 57.4 Å². The maximum Gasteiger partial charge on any atom is 1.00 e. The van der Waals surface area contributed by atoms with E-state index in [2.05, 4.69) is 11.1 Å². The Morgan fingerprint density at radius 3 is 2.52 bits per heavy atom. The molecule has 2 N–H and O–H groups in total. The molecule has 0 amide bonds. The molecular weight excluding hydrogens is 323 g/mol. The molecule has 0 atom stereocenters. The van der Waals surface area contributed by atoms with Crippen molar-refractivity contribution in [3.8, 4) is 0 Å². The number of carbonyl (C=O) groups is 1. The van der Waals surface area contributed by atoms with Crippen LogP contribution in [0, 0.1) is 0 Å². The molecule has 0 aliphatic heterocycles. The van der Waals surface area contributed by atoms with Gasteiger partial charge in [0.15, 0.2) is 0 Å². The molecule has 0 aromatic rings. The number of aliphatic carboxylic acids is 1. The van der Waals surface area contributed by atoms with Crippen molar-refractivity contribution < 1.29 is 71.5 Å². The van der Waals surface area contributed by atoms with Gasteiger partial charge in [-0.3, -0.25) is 4.79 Å². The summed E-state index contributed by atoms with van der Waals surface area (Å²) in [6.07, 6.45) is 8.06. The Labute approximate surface area is 182 Å². The van der Waals surface area contributed by atoms with E-state index < -0.39 is 5.97 Å². The Bertz CT molecular complexity index is 349. The smallest absolute Gasteiger partial charge is 0.862 e. The largest absolute Gasteiger partial charge is 1.00 e. The fraction of sp³-hybridized carbons (Fsp3) is 0.750. The minimum absolute atomic E-state index is 0. The molecule has 0 heterocycles. The van der Waals surface area contributed by atoms with Gasteiger partial charge in [-0.1, -0.05) is 12.2 Å². The predicted molar refractivity (Wildman–Crippen MR) is 86.0 cm³/mol. The molecule has 0 aliphatic rings. The van der Waals surface area contributed by atoms with E-state index in [1.807, 2.05) is 17.9 Å². The van der Waals surface area contributed by atoms with E-state index in [1.165, 1.54) is 0 Å². The number of nitrogens with zero attached hydrogens (tertiary/aromatic N) is 2. The fourth-order valence-electron chi connectivity index (χ4n) is 1.98. The van der Waals surface area contributed by atoms with Crippen molar-refractivity contribution in [2.24, 2.45) is 4.99 Å². The zero-order valence-corrected chi connectivity index (χ0v) is 17.7.